The number of benzene rings is 1. The van der Waals surface area contributed by atoms with E-state index in [2.05, 4.69) is 47.6 Å². The van der Waals surface area contributed by atoms with Gasteiger partial charge >= 0.3 is 0 Å². The Labute approximate surface area is 137 Å². The molecule has 1 fully saturated rings. The van der Waals surface area contributed by atoms with Crippen LogP contribution in [0.15, 0.2) is 42.6 Å². The van der Waals surface area contributed by atoms with Crippen molar-refractivity contribution in [2.75, 3.05) is 5.32 Å². The van der Waals surface area contributed by atoms with Gasteiger partial charge in [-0.3, -0.25) is 4.98 Å². The smallest absolute Gasteiger partial charge is 0.0852 e. The van der Waals surface area contributed by atoms with Gasteiger partial charge in [0.05, 0.1) is 16.4 Å². The molecule has 2 aromatic rings. The van der Waals surface area contributed by atoms with Gasteiger partial charge < -0.3 is 5.32 Å². The summed E-state index contributed by atoms with van der Waals surface area (Å²) in [6.07, 6.45) is 7.59. The first-order valence-electron chi connectivity index (χ1n) is 8.22. The zero-order valence-corrected chi connectivity index (χ0v) is 13.8. The van der Waals surface area contributed by atoms with Crippen molar-refractivity contribution in [2.45, 2.75) is 51.0 Å². The van der Waals surface area contributed by atoms with Crippen LogP contribution in [0.5, 0.6) is 0 Å². The minimum atomic E-state index is 0.518. The molecule has 0 atom stereocenters. The fourth-order valence-electron chi connectivity index (χ4n) is 3.36. The summed E-state index contributed by atoms with van der Waals surface area (Å²) in [5.74, 6) is 0.707. The Morgan fingerprint density at radius 3 is 2.50 bits per heavy atom. The summed E-state index contributed by atoms with van der Waals surface area (Å²) in [5, 5.41) is 4.41. The molecule has 3 rings (SSSR count). The second kappa shape index (κ2) is 7.15. The van der Waals surface area contributed by atoms with Gasteiger partial charge in [0, 0.05) is 12.2 Å². The molecule has 0 unspecified atom stereocenters. The third kappa shape index (κ3) is 3.44. The van der Waals surface area contributed by atoms with Gasteiger partial charge in [0.1, 0.15) is 0 Å². The lowest BCUT2D eigenvalue weighted by molar-refractivity contribution is 0.412. The van der Waals surface area contributed by atoms with E-state index in [1.807, 2.05) is 12.3 Å². The van der Waals surface area contributed by atoms with Crippen LogP contribution in [-0.4, -0.2) is 11.0 Å². The van der Waals surface area contributed by atoms with Gasteiger partial charge in [0.25, 0.3) is 0 Å². The molecule has 1 aliphatic carbocycles. The number of rotatable bonds is 4. The minimum Gasteiger partial charge on any atom is -0.381 e. The maximum Gasteiger partial charge on any atom is 0.0852 e. The number of nitrogens with one attached hydrogen (secondary N) is 1. The van der Waals surface area contributed by atoms with E-state index in [4.69, 9.17) is 11.6 Å². The van der Waals surface area contributed by atoms with Gasteiger partial charge in [-0.25, -0.2) is 0 Å². The molecule has 0 amide bonds. The lowest BCUT2D eigenvalue weighted by Crippen LogP contribution is -2.25. The van der Waals surface area contributed by atoms with E-state index in [1.165, 1.54) is 31.2 Å². The minimum absolute atomic E-state index is 0.518. The molecule has 0 spiro atoms. The van der Waals surface area contributed by atoms with Crippen LogP contribution < -0.4 is 5.32 Å². The summed E-state index contributed by atoms with van der Waals surface area (Å²) in [6, 6.07) is 13.4. The number of halogens is 1. The Bertz CT molecular complexity index is 604. The standard InChI is InChI=1S/C19H23ClN2/c1-2-17-19(20)18(12-13-21-17)22-16-10-8-15(9-11-16)14-6-4-3-5-7-14/h3-7,12-13,15-16H,2,8-11H2,1H3,(H,21,22)/t15-,16+. The molecule has 1 heterocycles. The number of nitrogens with zero attached hydrogens (tertiary/aromatic N) is 1. The van der Waals surface area contributed by atoms with E-state index >= 15 is 0 Å². The molecule has 0 aliphatic heterocycles. The fraction of sp³-hybridized carbons (Fsp3) is 0.421. The van der Waals surface area contributed by atoms with Crippen LogP contribution in [0, 0.1) is 0 Å². The number of hydrogen-bond acceptors (Lipinski definition) is 2. The van der Waals surface area contributed by atoms with Crippen LogP contribution in [0.3, 0.4) is 0 Å². The maximum absolute atomic E-state index is 6.43. The summed E-state index contributed by atoms with van der Waals surface area (Å²) < 4.78 is 0. The Kier molecular flexibility index (Phi) is 4.99. The van der Waals surface area contributed by atoms with E-state index < -0.39 is 0 Å². The van der Waals surface area contributed by atoms with E-state index in [0.29, 0.717) is 12.0 Å². The molecule has 3 heteroatoms. The summed E-state index contributed by atoms with van der Waals surface area (Å²) in [7, 11) is 0. The normalized spacial score (nSPS) is 21.5. The van der Waals surface area contributed by atoms with Crippen LogP contribution >= 0.6 is 11.6 Å². The third-order valence-electron chi connectivity index (χ3n) is 4.65. The van der Waals surface area contributed by atoms with Crippen LogP contribution in [0.25, 0.3) is 0 Å². The van der Waals surface area contributed by atoms with Crippen molar-refractivity contribution in [3.05, 3.63) is 58.9 Å². The van der Waals surface area contributed by atoms with Gasteiger partial charge in [-0.15, -0.1) is 0 Å². The summed E-state index contributed by atoms with van der Waals surface area (Å²) in [4.78, 5) is 4.33. The topological polar surface area (TPSA) is 24.9 Å². The number of hydrogen-bond donors (Lipinski definition) is 1. The first kappa shape index (κ1) is 15.4. The first-order valence-corrected chi connectivity index (χ1v) is 8.60. The molecule has 2 nitrogen and oxygen atoms in total. The number of aryl methyl sites for hydroxylation is 1. The van der Waals surface area contributed by atoms with Gasteiger partial charge in [-0.05, 0) is 49.7 Å². The highest BCUT2D eigenvalue weighted by Crippen LogP contribution is 2.35. The molecule has 22 heavy (non-hydrogen) atoms. The highest BCUT2D eigenvalue weighted by molar-refractivity contribution is 6.33. The van der Waals surface area contributed by atoms with Crippen LogP contribution in [0.4, 0.5) is 5.69 Å². The van der Waals surface area contributed by atoms with E-state index in [9.17, 15) is 0 Å². The summed E-state index contributed by atoms with van der Waals surface area (Å²) in [6.45, 7) is 2.09. The molecule has 1 N–H and O–H groups in total. The average molecular weight is 315 g/mol. The number of anilines is 1. The lowest BCUT2D eigenvalue weighted by Gasteiger charge is -2.30. The summed E-state index contributed by atoms with van der Waals surface area (Å²) in [5.41, 5.74) is 3.50. The summed E-state index contributed by atoms with van der Waals surface area (Å²) >= 11 is 6.43. The molecule has 0 radical (unpaired) electrons. The van der Waals surface area contributed by atoms with E-state index in [1.54, 1.807) is 0 Å². The Balaban J connectivity index is 1.61. The second-order valence-corrected chi connectivity index (χ2v) is 6.45. The fourth-order valence-corrected chi connectivity index (χ4v) is 3.66. The Morgan fingerprint density at radius 2 is 1.82 bits per heavy atom. The van der Waals surface area contributed by atoms with Crippen molar-refractivity contribution in [1.82, 2.24) is 4.98 Å². The monoisotopic (exact) mass is 314 g/mol. The van der Waals surface area contributed by atoms with Crippen molar-refractivity contribution in [2.24, 2.45) is 0 Å². The Hall–Kier alpha value is -1.54. The predicted octanol–water partition coefficient (Wildman–Crippen LogP) is 5.44. The second-order valence-electron chi connectivity index (χ2n) is 6.08. The van der Waals surface area contributed by atoms with Crippen molar-refractivity contribution in [3.63, 3.8) is 0 Å². The largest absolute Gasteiger partial charge is 0.381 e. The molecule has 1 aromatic heterocycles. The van der Waals surface area contributed by atoms with Crippen molar-refractivity contribution in [3.8, 4) is 0 Å². The Morgan fingerprint density at radius 1 is 1.09 bits per heavy atom. The number of aromatic nitrogens is 1. The highest BCUT2D eigenvalue weighted by Gasteiger charge is 2.22. The molecular weight excluding hydrogens is 292 g/mol. The molecule has 0 bridgehead atoms. The number of pyridine rings is 1. The van der Waals surface area contributed by atoms with Crippen LogP contribution in [0.2, 0.25) is 5.02 Å². The highest BCUT2D eigenvalue weighted by atomic mass is 35.5. The van der Waals surface area contributed by atoms with Crippen molar-refractivity contribution < 1.29 is 0 Å². The van der Waals surface area contributed by atoms with Crippen molar-refractivity contribution >= 4 is 17.3 Å². The van der Waals surface area contributed by atoms with E-state index in [-0.39, 0.29) is 0 Å². The lowest BCUT2D eigenvalue weighted by atomic mass is 9.82. The molecule has 0 saturated heterocycles. The first-order chi connectivity index (χ1) is 10.8. The average Bonchev–Trinajstić information content (AvgIpc) is 2.58. The third-order valence-corrected chi connectivity index (χ3v) is 5.08. The van der Waals surface area contributed by atoms with Gasteiger partial charge in [-0.1, -0.05) is 48.9 Å². The zero-order chi connectivity index (χ0) is 15.4. The van der Waals surface area contributed by atoms with Gasteiger partial charge in [0.15, 0.2) is 0 Å². The predicted molar refractivity (Wildman–Crippen MR) is 93.7 cm³/mol. The van der Waals surface area contributed by atoms with Crippen LogP contribution in [-0.2, 0) is 6.42 Å². The maximum atomic E-state index is 6.43. The molecule has 1 aliphatic rings. The SMILES string of the molecule is CCc1nccc(N[C@H]2CC[C@@H](c3ccccc3)CC2)c1Cl. The van der Waals surface area contributed by atoms with Crippen molar-refractivity contribution in [1.29, 1.82) is 0 Å². The van der Waals surface area contributed by atoms with Gasteiger partial charge in [0.2, 0.25) is 0 Å². The quantitative estimate of drug-likeness (QED) is 0.813. The molecule has 1 saturated carbocycles. The zero-order valence-electron chi connectivity index (χ0n) is 13.1. The molecule has 116 valence electrons. The molecular formula is C19H23ClN2. The van der Waals surface area contributed by atoms with Crippen LogP contribution in [0.1, 0.15) is 49.8 Å². The molecule has 1 aromatic carbocycles. The van der Waals surface area contributed by atoms with Gasteiger partial charge in [-0.2, -0.15) is 0 Å². The van der Waals surface area contributed by atoms with E-state index in [0.717, 1.165) is 22.8 Å².